The fraction of sp³-hybridized carbons (Fsp3) is 0.533. The molecule has 2 heterocycles. The minimum absolute atomic E-state index is 0.0139. The molecule has 0 saturated carbocycles. The zero-order valence-corrected chi connectivity index (χ0v) is 13.7. The molecule has 1 saturated heterocycles. The fourth-order valence-electron chi connectivity index (χ4n) is 3.22. The van der Waals surface area contributed by atoms with Gasteiger partial charge in [-0.25, -0.2) is 4.39 Å². The van der Waals surface area contributed by atoms with Crippen LogP contribution in [0.5, 0.6) is 5.75 Å². The van der Waals surface area contributed by atoms with E-state index in [2.05, 4.69) is 4.74 Å². The molecule has 2 unspecified atom stereocenters. The predicted molar refractivity (Wildman–Crippen MR) is 80.5 cm³/mol. The van der Waals surface area contributed by atoms with Crippen LogP contribution in [-0.4, -0.2) is 56.0 Å². The van der Waals surface area contributed by atoms with E-state index in [-0.39, 0.29) is 36.8 Å². The highest BCUT2D eigenvalue weighted by atomic mass is 35.5. The van der Waals surface area contributed by atoms with Gasteiger partial charge in [-0.1, -0.05) is 11.6 Å². The highest BCUT2D eigenvalue weighted by molar-refractivity contribution is 6.32. The van der Waals surface area contributed by atoms with Gasteiger partial charge >= 0.3 is 6.61 Å². The average molecular weight is 380 g/mol. The summed E-state index contributed by atoms with van der Waals surface area (Å²) in [6.07, 6.45) is -1.89. The van der Waals surface area contributed by atoms with Gasteiger partial charge in [0.2, 0.25) is 0 Å². The molecule has 0 N–H and O–H groups in total. The third-order valence-corrected chi connectivity index (χ3v) is 4.55. The molecule has 0 radical (unpaired) electrons. The molecule has 3 rings (SSSR count). The normalized spacial score (nSPS) is 22.9. The number of halogens is 4. The van der Waals surface area contributed by atoms with Crippen molar-refractivity contribution in [2.45, 2.75) is 25.2 Å². The van der Waals surface area contributed by atoms with Gasteiger partial charge in [0, 0.05) is 32.1 Å². The smallest absolute Gasteiger partial charge is 0.345 e. The Morgan fingerprint density at radius 3 is 2.88 bits per heavy atom. The lowest BCUT2D eigenvalue weighted by Crippen LogP contribution is -2.58. The van der Waals surface area contributed by atoms with Crippen LogP contribution in [0.2, 0.25) is 5.02 Å². The van der Waals surface area contributed by atoms with Crippen LogP contribution in [-0.2, 0) is 4.74 Å². The molecular formula is C15H15ClF3N2O4-. The van der Waals surface area contributed by atoms with E-state index in [1.54, 1.807) is 4.90 Å². The SMILES string of the molecule is O=C([O-])N1CCN2c3cc(F)cc(Cl)c3OC(COC(F)F)CC2C1. The van der Waals surface area contributed by atoms with Crippen molar-refractivity contribution in [2.75, 3.05) is 31.1 Å². The van der Waals surface area contributed by atoms with Crippen molar-refractivity contribution in [3.63, 3.8) is 0 Å². The number of carbonyl (C=O) groups is 1. The van der Waals surface area contributed by atoms with Crippen molar-refractivity contribution in [3.05, 3.63) is 23.0 Å². The molecule has 2 atom stereocenters. The Morgan fingerprint density at radius 2 is 2.20 bits per heavy atom. The second kappa shape index (κ2) is 7.17. The van der Waals surface area contributed by atoms with Crippen LogP contribution >= 0.6 is 11.6 Å². The lowest BCUT2D eigenvalue weighted by Gasteiger charge is -2.43. The van der Waals surface area contributed by atoms with Crippen molar-refractivity contribution >= 4 is 23.4 Å². The largest absolute Gasteiger partial charge is 0.530 e. The van der Waals surface area contributed by atoms with E-state index >= 15 is 0 Å². The number of anilines is 1. The second-order valence-electron chi connectivity index (χ2n) is 5.86. The zero-order valence-electron chi connectivity index (χ0n) is 13.0. The molecule has 1 amide bonds. The summed E-state index contributed by atoms with van der Waals surface area (Å²) in [6.45, 7) is -2.83. The molecule has 2 aliphatic rings. The number of hydrogen-bond acceptors (Lipinski definition) is 5. The van der Waals surface area contributed by atoms with Crippen LogP contribution < -0.4 is 14.7 Å². The van der Waals surface area contributed by atoms with E-state index in [9.17, 15) is 23.1 Å². The average Bonchev–Trinajstić information content (AvgIpc) is 2.69. The maximum atomic E-state index is 13.8. The van der Waals surface area contributed by atoms with E-state index in [4.69, 9.17) is 16.3 Å². The van der Waals surface area contributed by atoms with Gasteiger partial charge in [0.05, 0.1) is 23.4 Å². The molecule has 0 aromatic heterocycles. The summed E-state index contributed by atoms with van der Waals surface area (Å²) < 4.78 is 48.6. The Hall–Kier alpha value is -1.87. The summed E-state index contributed by atoms with van der Waals surface area (Å²) >= 11 is 6.06. The Bertz CT molecular complexity index is 664. The van der Waals surface area contributed by atoms with Gasteiger partial charge in [0.1, 0.15) is 18.0 Å². The number of amides is 1. The molecular weight excluding hydrogens is 365 g/mol. The molecule has 25 heavy (non-hydrogen) atoms. The number of piperazine rings is 1. The van der Waals surface area contributed by atoms with E-state index in [0.29, 0.717) is 5.69 Å². The van der Waals surface area contributed by atoms with Crippen LogP contribution in [0.4, 0.5) is 23.7 Å². The Labute approximate surface area is 146 Å². The number of carbonyl (C=O) groups excluding carboxylic acids is 1. The molecule has 1 aromatic carbocycles. The summed E-state index contributed by atoms with van der Waals surface area (Å²) in [5.41, 5.74) is 0.368. The third-order valence-electron chi connectivity index (χ3n) is 4.27. The van der Waals surface area contributed by atoms with E-state index < -0.39 is 37.3 Å². The zero-order chi connectivity index (χ0) is 18.1. The number of fused-ring (bicyclic) bond motifs is 3. The third kappa shape index (κ3) is 3.87. The Morgan fingerprint density at radius 1 is 1.44 bits per heavy atom. The van der Waals surface area contributed by atoms with Gasteiger partial charge in [-0.15, -0.1) is 0 Å². The van der Waals surface area contributed by atoms with Gasteiger partial charge in [-0.05, 0) is 6.07 Å². The molecule has 6 nitrogen and oxygen atoms in total. The number of nitrogens with zero attached hydrogens (tertiary/aromatic N) is 2. The van der Waals surface area contributed by atoms with Crippen LogP contribution in [0.15, 0.2) is 12.1 Å². The van der Waals surface area contributed by atoms with Crippen molar-refractivity contribution in [3.8, 4) is 5.75 Å². The Kier molecular flexibility index (Phi) is 5.14. The van der Waals surface area contributed by atoms with Crippen LogP contribution in [0.1, 0.15) is 6.42 Å². The standard InChI is InChI=1S/C15H16ClF3N2O4/c16-11-3-8(17)4-12-13(11)25-10(7-24-14(18)19)5-9-6-20(15(22)23)1-2-21(9)12/h3-4,9-10,14H,1-2,5-7H2,(H,22,23)/p-1. The van der Waals surface area contributed by atoms with Gasteiger partial charge in [0.25, 0.3) is 0 Å². The van der Waals surface area contributed by atoms with Gasteiger partial charge in [-0.3, -0.25) is 0 Å². The van der Waals surface area contributed by atoms with Crippen LogP contribution in [0, 0.1) is 5.82 Å². The summed E-state index contributed by atoms with van der Waals surface area (Å²) in [4.78, 5) is 14.0. The van der Waals surface area contributed by atoms with Crippen molar-refractivity contribution in [2.24, 2.45) is 0 Å². The van der Waals surface area contributed by atoms with Crippen LogP contribution in [0.25, 0.3) is 0 Å². The molecule has 10 heteroatoms. The predicted octanol–water partition coefficient (Wildman–Crippen LogP) is 1.70. The summed E-state index contributed by atoms with van der Waals surface area (Å²) in [5, 5.41) is 11.1. The van der Waals surface area contributed by atoms with E-state index in [1.165, 1.54) is 6.07 Å². The first-order valence-electron chi connectivity index (χ1n) is 7.63. The lowest BCUT2D eigenvalue weighted by molar-refractivity contribution is -0.266. The highest BCUT2D eigenvalue weighted by Gasteiger charge is 2.36. The number of benzene rings is 1. The maximum Gasteiger partial charge on any atom is 0.345 e. The second-order valence-corrected chi connectivity index (χ2v) is 6.27. The molecule has 1 aromatic rings. The summed E-state index contributed by atoms with van der Waals surface area (Å²) in [7, 11) is 0. The molecule has 0 aliphatic carbocycles. The quantitative estimate of drug-likeness (QED) is 0.800. The first-order valence-corrected chi connectivity index (χ1v) is 8.01. The number of hydrogen-bond donors (Lipinski definition) is 0. The molecule has 0 spiro atoms. The number of carboxylic acid groups (broad SMARTS) is 1. The molecule has 138 valence electrons. The van der Waals surface area contributed by atoms with Gasteiger partial charge in [-0.2, -0.15) is 8.78 Å². The van der Waals surface area contributed by atoms with Crippen molar-refractivity contribution < 1.29 is 32.5 Å². The lowest BCUT2D eigenvalue weighted by atomic mass is 10.0. The topological polar surface area (TPSA) is 65.1 Å². The summed E-state index contributed by atoms with van der Waals surface area (Å²) in [5.74, 6) is -0.397. The van der Waals surface area contributed by atoms with E-state index in [1.807, 2.05) is 0 Å². The Balaban J connectivity index is 1.93. The van der Waals surface area contributed by atoms with E-state index in [0.717, 1.165) is 11.0 Å². The minimum Gasteiger partial charge on any atom is -0.530 e. The number of rotatable bonds is 3. The number of alkyl halides is 2. The fourth-order valence-corrected chi connectivity index (χ4v) is 3.46. The summed E-state index contributed by atoms with van der Waals surface area (Å²) in [6, 6.07) is 1.90. The van der Waals surface area contributed by atoms with Crippen LogP contribution in [0.3, 0.4) is 0 Å². The van der Waals surface area contributed by atoms with Gasteiger partial charge < -0.3 is 29.2 Å². The molecule has 0 bridgehead atoms. The monoisotopic (exact) mass is 379 g/mol. The first-order chi connectivity index (χ1) is 11.8. The first kappa shape index (κ1) is 17.9. The van der Waals surface area contributed by atoms with Crippen molar-refractivity contribution in [1.29, 1.82) is 0 Å². The molecule has 1 fully saturated rings. The molecule has 2 aliphatic heterocycles. The minimum atomic E-state index is -2.96. The van der Waals surface area contributed by atoms with Gasteiger partial charge in [0.15, 0.2) is 5.75 Å². The number of ether oxygens (including phenoxy) is 2. The highest BCUT2D eigenvalue weighted by Crippen LogP contribution is 2.42. The maximum absolute atomic E-state index is 13.8. The van der Waals surface area contributed by atoms with Crippen molar-refractivity contribution in [1.82, 2.24) is 4.90 Å².